The number of para-hydroxylation sites is 2. The van der Waals surface area contributed by atoms with E-state index in [0.717, 1.165) is 23.4 Å². The zero-order valence-corrected chi connectivity index (χ0v) is 21.5. The Kier molecular flexibility index (Phi) is 6.55. The maximum atomic E-state index is 12.6. The number of amides is 1. The number of hydrogen-bond donors (Lipinski definition) is 1. The molecule has 4 aliphatic carbocycles. The molecule has 0 radical (unpaired) electrons. The van der Waals surface area contributed by atoms with Crippen molar-refractivity contribution in [1.29, 1.82) is 0 Å². The van der Waals surface area contributed by atoms with E-state index in [1.807, 2.05) is 12.1 Å². The molecule has 0 aliphatic heterocycles. The van der Waals surface area contributed by atoms with Crippen LogP contribution in [0.2, 0.25) is 0 Å². The smallest absolute Gasteiger partial charge is 0.232 e. The van der Waals surface area contributed by atoms with Gasteiger partial charge in [-0.15, -0.1) is 0 Å². The summed E-state index contributed by atoms with van der Waals surface area (Å²) in [5.74, 6) is 3.09. The molecular formula is C28H36N2O4S. The van der Waals surface area contributed by atoms with E-state index in [2.05, 4.69) is 17.4 Å². The van der Waals surface area contributed by atoms with Crippen molar-refractivity contribution in [1.82, 2.24) is 0 Å². The van der Waals surface area contributed by atoms with Crippen LogP contribution in [-0.2, 0) is 20.2 Å². The third-order valence-corrected chi connectivity index (χ3v) is 9.52. The highest BCUT2D eigenvalue weighted by atomic mass is 32.2. The third kappa shape index (κ3) is 5.06. The van der Waals surface area contributed by atoms with Crippen LogP contribution in [0.4, 0.5) is 11.4 Å². The molecule has 188 valence electrons. The SMILES string of the molecule is COc1ccccc1N(CCCC(=O)Nc1ccc(C23CC4CC(CC(C4)C2)C3)cc1)S(C)(=O)=O. The van der Waals surface area contributed by atoms with Gasteiger partial charge in [0.05, 0.1) is 19.1 Å². The van der Waals surface area contributed by atoms with Crippen LogP contribution in [0, 0.1) is 17.8 Å². The van der Waals surface area contributed by atoms with E-state index < -0.39 is 10.0 Å². The molecule has 0 aromatic heterocycles. The number of methoxy groups -OCH3 is 1. The molecule has 4 fully saturated rings. The van der Waals surface area contributed by atoms with Crippen molar-refractivity contribution in [3.8, 4) is 5.75 Å². The van der Waals surface area contributed by atoms with Gasteiger partial charge in [-0.2, -0.15) is 0 Å². The van der Waals surface area contributed by atoms with Gasteiger partial charge in [-0.1, -0.05) is 24.3 Å². The first-order chi connectivity index (χ1) is 16.8. The van der Waals surface area contributed by atoms with Gasteiger partial charge >= 0.3 is 0 Å². The van der Waals surface area contributed by atoms with Crippen molar-refractivity contribution in [3.63, 3.8) is 0 Å². The Labute approximate surface area is 209 Å². The van der Waals surface area contributed by atoms with E-state index in [4.69, 9.17) is 4.74 Å². The van der Waals surface area contributed by atoms with E-state index in [0.29, 0.717) is 23.3 Å². The van der Waals surface area contributed by atoms with Crippen molar-refractivity contribution in [3.05, 3.63) is 54.1 Å². The van der Waals surface area contributed by atoms with Crippen LogP contribution in [-0.4, -0.2) is 34.2 Å². The first kappa shape index (κ1) is 24.2. The van der Waals surface area contributed by atoms with Crippen LogP contribution in [0.3, 0.4) is 0 Å². The van der Waals surface area contributed by atoms with Gasteiger partial charge in [0.2, 0.25) is 15.9 Å². The number of anilines is 2. The van der Waals surface area contributed by atoms with E-state index in [-0.39, 0.29) is 18.9 Å². The number of nitrogens with one attached hydrogen (secondary N) is 1. The molecular weight excluding hydrogens is 460 g/mol. The van der Waals surface area contributed by atoms with Gasteiger partial charge in [-0.25, -0.2) is 8.42 Å². The number of ether oxygens (including phenoxy) is 1. The quantitative estimate of drug-likeness (QED) is 0.508. The monoisotopic (exact) mass is 496 g/mol. The standard InChI is InChI=1S/C28H36N2O4S/c1-34-26-7-4-3-6-25(26)30(35(2,32)33)13-5-8-27(31)29-24-11-9-23(10-12-24)28-17-20-14-21(18-28)16-22(15-20)19-28/h3-4,6-7,9-12,20-22H,5,8,13-19H2,1-2H3,(H,29,31). The minimum absolute atomic E-state index is 0.110. The zero-order chi connectivity index (χ0) is 24.6. The van der Waals surface area contributed by atoms with Crippen molar-refractivity contribution in [2.75, 3.05) is 29.5 Å². The number of nitrogens with zero attached hydrogens (tertiary/aromatic N) is 1. The van der Waals surface area contributed by atoms with Gasteiger partial charge in [-0.05, 0) is 97.9 Å². The van der Waals surface area contributed by atoms with E-state index in [1.165, 1.54) is 61.8 Å². The highest BCUT2D eigenvalue weighted by Crippen LogP contribution is 2.60. The van der Waals surface area contributed by atoms with Crippen LogP contribution >= 0.6 is 0 Å². The maximum Gasteiger partial charge on any atom is 0.232 e. The summed E-state index contributed by atoms with van der Waals surface area (Å²) in [6.45, 7) is 0.206. The van der Waals surface area contributed by atoms with Gasteiger partial charge < -0.3 is 10.1 Å². The number of carbonyl (C=O) groups excluding carboxylic acids is 1. The summed E-state index contributed by atoms with van der Waals surface area (Å²) < 4.78 is 31.4. The van der Waals surface area contributed by atoms with E-state index in [1.54, 1.807) is 24.3 Å². The van der Waals surface area contributed by atoms with Gasteiger partial charge in [0.15, 0.2) is 0 Å². The van der Waals surface area contributed by atoms with Crippen LogP contribution in [0.5, 0.6) is 5.75 Å². The highest BCUT2D eigenvalue weighted by molar-refractivity contribution is 7.92. The summed E-state index contributed by atoms with van der Waals surface area (Å²) in [5, 5.41) is 2.99. The molecule has 2 aromatic carbocycles. The molecule has 2 aromatic rings. The summed E-state index contributed by atoms with van der Waals surface area (Å²) in [5.41, 5.74) is 3.08. The summed E-state index contributed by atoms with van der Waals surface area (Å²) in [6.07, 6.45) is 10.1. The Morgan fingerprint density at radius 1 is 1.00 bits per heavy atom. The van der Waals surface area contributed by atoms with E-state index in [9.17, 15) is 13.2 Å². The fourth-order valence-electron chi connectivity index (χ4n) is 7.28. The normalized spacial score (nSPS) is 27.0. The number of carbonyl (C=O) groups is 1. The Balaban J connectivity index is 1.18. The molecule has 0 spiro atoms. The lowest BCUT2D eigenvalue weighted by molar-refractivity contribution is -0.116. The molecule has 0 unspecified atom stereocenters. The van der Waals surface area contributed by atoms with Crippen molar-refractivity contribution in [2.24, 2.45) is 17.8 Å². The number of rotatable bonds is 9. The molecule has 0 saturated heterocycles. The van der Waals surface area contributed by atoms with Gasteiger partial charge in [-0.3, -0.25) is 9.10 Å². The van der Waals surface area contributed by atoms with E-state index >= 15 is 0 Å². The van der Waals surface area contributed by atoms with Crippen molar-refractivity contribution >= 4 is 27.3 Å². The van der Waals surface area contributed by atoms with Crippen LogP contribution in [0.1, 0.15) is 56.9 Å². The Bertz CT molecular complexity index is 1140. The lowest BCUT2D eigenvalue weighted by Crippen LogP contribution is -2.48. The molecule has 4 saturated carbocycles. The Morgan fingerprint density at radius 2 is 1.60 bits per heavy atom. The fourth-order valence-corrected chi connectivity index (χ4v) is 8.25. The number of hydrogen-bond acceptors (Lipinski definition) is 4. The van der Waals surface area contributed by atoms with Crippen LogP contribution in [0.25, 0.3) is 0 Å². The second-order valence-electron chi connectivity index (χ2n) is 10.9. The minimum Gasteiger partial charge on any atom is -0.495 e. The van der Waals surface area contributed by atoms with Gasteiger partial charge in [0.1, 0.15) is 5.75 Å². The van der Waals surface area contributed by atoms with Crippen molar-refractivity contribution in [2.45, 2.75) is 56.8 Å². The predicted molar refractivity (Wildman–Crippen MR) is 139 cm³/mol. The molecule has 6 nitrogen and oxygen atoms in total. The average molecular weight is 497 g/mol. The first-order valence-electron chi connectivity index (χ1n) is 12.8. The fraction of sp³-hybridized carbons (Fsp3) is 0.536. The molecule has 1 amide bonds. The summed E-state index contributed by atoms with van der Waals surface area (Å²) in [6, 6.07) is 15.5. The Morgan fingerprint density at radius 3 is 2.17 bits per heavy atom. The van der Waals surface area contributed by atoms with Gasteiger partial charge in [0, 0.05) is 18.7 Å². The molecule has 1 N–H and O–H groups in total. The van der Waals surface area contributed by atoms with Crippen LogP contribution < -0.4 is 14.4 Å². The average Bonchev–Trinajstić information content (AvgIpc) is 2.80. The molecule has 7 heteroatoms. The lowest BCUT2D eigenvalue weighted by Gasteiger charge is -2.57. The summed E-state index contributed by atoms with van der Waals surface area (Å²) in [4.78, 5) is 12.6. The van der Waals surface area contributed by atoms with Gasteiger partial charge in [0.25, 0.3) is 0 Å². The largest absolute Gasteiger partial charge is 0.495 e. The zero-order valence-electron chi connectivity index (χ0n) is 20.7. The first-order valence-corrected chi connectivity index (χ1v) is 14.6. The molecule has 4 bridgehead atoms. The maximum absolute atomic E-state index is 12.6. The highest BCUT2D eigenvalue weighted by Gasteiger charge is 2.51. The number of benzene rings is 2. The second kappa shape index (κ2) is 9.49. The van der Waals surface area contributed by atoms with Crippen LogP contribution in [0.15, 0.2) is 48.5 Å². The molecule has 0 atom stereocenters. The molecule has 35 heavy (non-hydrogen) atoms. The minimum atomic E-state index is -3.51. The summed E-state index contributed by atoms with van der Waals surface area (Å²) >= 11 is 0. The summed E-state index contributed by atoms with van der Waals surface area (Å²) in [7, 11) is -1.99. The third-order valence-electron chi connectivity index (χ3n) is 8.34. The van der Waals surface area contributed by atoms with Crippen molar-refractivity contribution < 1.29 is 17.9 Å². The predicted octanol–water partition coefficient (Wildman–Crippen LogP) is 5.35. The number of sulfonamides is 1. The molecule has 6 rings (SSSR count). The molecule has 0 heterocycles. The Hall–Kier alpha value is -2.54. The lowest BCUT2D eigenvalue weighted by atomic mass is 9.48. The molecule has 4 aliphatic rings. The topological polar surface area (TPSA) is 75.7 Å². The second-order valence-corrected chi connectivity index (χ2v) is 12.8.